The van der Waals surface area contributed by atoms with Gasteiger partial charge in [-0.1, -0.05) is 0 Å². The van der Waals surface area contributed by atoms with Gasteiger partial charge in [0.25, 0.3) is 0 Å². The van der Waals surface area contributed by atoms with Crippen LogP contribution in [-0.4, -0.2) is 86.1 Å². The molecule has 2 fully saturated rings. The van der Waals surface area contributed by atoms with Crippen LogP contribution in [0.5, 0.6) is 11.5 Å². The van der Waals surface area contributed by atoms with Crippen molar-refractivity contribution in [2.45, 2.75) is 19.3 Å². The van der Waals surface area contributed by atoms with Gasteiger partial charge >= 0.3 is 11.9 Å². The molecule has 2 aliphatic rings. The van der Waals surface area contributed by atoms with Gasteiger partial charge in [-0.25, -0.2) is 9.59 Å². The lowest BCUT2D eigenvalue weighted by molar-refractivity contribution is -0.140. The minimum Gasteiger partial charge on any atom is -0.479 e. The van der Waals surface area contributed by atoms with Gasteiger partial charge in [0.2, 0.25) is 0 Å². The molecule has 0 saturated carbocycles. The normalized spacial score (nSPS) is 17.1. The molecule has 0 spiro atoms. The van der Waals surface area contributed by atoms with Gasteiger partial charge in [-0.2, -0.15) is 0 Å². The average Bonchev–Trinajstić information content (AvgIpc) is 2.76. The Morgan fingerprint density at radius 3 is 2.12 bits per heavy atom. The Morgan fingerprint density at radius 1 is 0.938 bits per heavy atom. The second-order valence-electron chi connectivity index (χ2n) is 7.81. The largest absolute Gasteiger partial charge is 0.479 e. The van der Waals surface area contributed by atoms with Crippen molar-refractivity contribution in [1.29, 1.82) is 0 Å². The zero-order valence-corrected chi connectivity index (χ0v) is 19.7. The molecule has 0 aromatic heterocycles. The summed E-state index contributed by atoms with van der Waals surface area (Å²) < 4.78 is 10.6. The van der Waals surface area contributed by atoms with Gasteiger partial charge in [-0.15, -0.1) is 24.8 Å². The number of nitrogens with one attached hydrogen (secondary N) is 1. The van der Waals surface area contributed by atoms with Crippen molar-refractivity contribution in [1.82, 2.24) is 10.2 Å². The molecule has 1 aromatic carbocycles. The third-order valence-electron chi connectivity index (χ3n) is 5.68. The van der Waals surface area contributed by atoms with E-state index < -0.39 is 25.2 Å². The van der Waals surface area contributed by atoms with Gasteiger partial charge in [-0.3, -0.25) is 4.90 Å². The summed E-state index contributed by atoms with van der Waals surface area (Å²) in [7, 11) is 0. The molecular formula is C21H33Cl2N3O6. The SMILES string of the molecule is Cl.Cl.O=C(O)COc1ccc(N2CCN(CCC3CCNCC3)CC2)cc1OCC(=O)O. The van der Waals surface area contributed by atoms with Crippen molar-refractivity contribution in [2.24, 2.45) is 5.92 Å². The van der Waals surface area contributed by atoms with Crippen molar-refractivity contribution in [3.05, 3.63) is 18.2 Å². The highest BCUT2D eigenvalue weighted by atomic mass is 35.5. The first-order valence-electron chi connectivity index (χ1n) is 10.5. The van der Waals surface area contributed by atoms with Gasteiger partial charge in [0, 0.05) is 37.9 Å². The van der Waals surface area contributed by atoms with Gasteiger partial charge in [0.1, 0.15) is 0 Å². The van der Waals surface area contributed by atoms with Gasteiger partial charge < -0.3 is 29.9 Å². The average molecular weight is 494 g/mol. The predicted molar refractivity (Wildman–Crippen MR) is 126 cm³/mol. The molecule has 11 heteroatoms. The molecule has 182 valence electrons. The zero-order valence-electron chi connectivity index (χ0n) is 18.0. The topological polar surface area (TPSA) is 112 Å². The van der Waals surface area contributed by atoms with Crippen LogP contribution in [0, 0.1) is 5.92 Å². The third kappa shape index (κ3) is 8.90. The molecule has 3 N–H and O–H groups in total. The number of carbonyl (C=O) groups is 2. The number of carboxylic acid groups (broad SMARTS) is 2. The number of aliphatic carboxylic acids is 2. The maximum Gasteiger partial charge on any atom is 0.341 e. The molecule has 2 saturated heterocycles. The van der Waals surface area contributed by atoms with Crippen LogP contribution in [0.15, 0.2) is 18.2 Å². The van der Waals surface area contributed by atoms with E-state index in [4.69, 9.17) is 19.7 Å². The maximum absolute atomic E-state index is 10.9. The van der Waals surface area contributed by atoms with E-state index in [0.29, 0.717) is 0 Å². The fourth-order valence-corrected chi connectivity index (χ4v) is 3.97. The van der Waals surface area contributed by atoms with Crippen molar-refractivity contribution in [3.63, 3.8) is 0 Å². The van der Waals surface area contributed by atoms with E-state index in [1.54, 1.807) is 12.1 Å². The van der Waals surface area contributed by atoms with E-state index in [-0.39, 0.29) is 36.3 Å². The molecule has 0 radical (unpaired) electrons. The molecule has 1 aromatic rings. The van der Waals surface area contributed by atoms with Gasteiger partial charge in [0.15, 0.2) is 24.7 Å². The van der Waals surface area contributed by atoms with Crippen molar-refractivity contribution >= 4 is 42.4 Å². The highest BCUT2D eigenvalue weighted by Crippen LogP contribution is 2.32. The van der Waals surface area contributed by atoms with E-state index in [1.807, 2.05) is 6.07 Å². The van der Waals surface area contributed by atoms with Gasteiger partial charge in [-0.05, 0) is 56.9 Å². The number of hydrogen-bond donors (Lipinski definition) is 3. The maximum atomic E-state index is 10.9. The summed E-state index contributed by atoms with van der Waals surface area (Å²) >= 11 is 0. The Morgan fingerprint density at radius 2 is 1.53 bits per heavy atom. The van der Waals surface area contributed by atoms with Crippen LogP contribution in [0.2, 0.25) is 0 Å². The second kappa shape index (κ2) is 14.3. The summed E-state index contributed by atoms with van der Waals surface area (Å²) in [5.74, 6) is -0.917. The van der Waals surface area contributed by atoms with Crippen LogP contribution < -0.4 is 19.7 Å². The molecule has 3 rings (SSSR count). The first-order chi connectivity index (χ1) is 14.5. The first kappa shape index (κ1) is 28.1. The molecule has 2 aliphatic heterocycles. The van der Waals surface area contributed by atoms with E-state index in [0.717, 1.165) is 57.4 Å². The Labute approximate surface area is 200 Å². The fraction of sp³-hybridized carbons (Fsp3) is 0.619. The van der Waals surface area contributed by atoms with Crippen molar-refractivity contribution in [3.8, 4) is 11.5 Å². The number of hydrogen-bond acceptors (Lipinski definition) is 7. The Bertz CT molecular complexity index is 725. The Kier molecular flexibility index (Phi) is 12.5. The molecule has 0 unspecified atom stereocenters. The highest BCUT2D eigenvalue weighted by molar-refractivity contribution is 5.85. The van der Waals surface area contributed by atoms with Crippen LogP contribution in [0.25, 0.3) is 0 Å². The minimum atomic E-state index is -1.11. The Balaban J connectivity index is 0.00000256. The molecule has 32 heavy (non-hydrogen) atoms. The second-order valence-corrected chi connectivity index (χ2v) is 7.81. The van der Waals surface area contributed by atoms with Crippen LogP contribution in [0.3, 0.4) is 0 Å². The monoisotopic (exact) mass is 493 g/mol. The van der Waals surface area contributed by atoms with E-state index in [9.17, 15) is 9.59 Å². The zero-order chi connectivity index (χ0) is 21.3. The number of benzene rings is 1. The number of piperazine rings is 1. The minimum absolute atomic E-state index is 0. The smallest absolute Gasteiger partial charge is 0.341 e. The predicted octanol–water partition coefficient (Wildman–Crippen LogP) is 1.97. The first-order valence-corrected chi connectivity index (χ1v) is 10.5. The third-order valence-corrected chi connectivity index (χ3v) is 5.68. The molecular weight excluding hydrogens is 461 g/mol. The molecule has 0 bridgehead atoms. The van der Waals surface area contributed by atoms with Crippen molar-refractivity contribution < 1.29 is 29.3 Å². The Hall–Kier alpha value is -1.94. The number of carboxylic acids is 2. The summed E-state index contributed by atoms with van der Waals surface area (Å²) in [4.78, 5) is 26.4. The lowest BCUT2D eigenvalue weighted by atomic mass is 9.94. The van der Waals surface area contributed by atoms with Crippen LogP contribution in [0.1, 0.15) is 19.3 Å². The van der Waals surface area contributed by atoms with Crippen molar-refractivity contribution in [2.75, 3.05) is 63.9 Å². The number of rotatable bonds is 10. The number of anilines is 1. The number of ether oxygens (including phenoxy) is 2. The van der Waals surface area contributed by atoms with E-state index in [2.05, 4.69) is 15.1 Å². The van der Waals surface area contributed by atoms with E-state index in [1.165, 1.54) is 19.3 Å². The lowest BCUT2D eigenvalue weighted by Gasteiger charge is -2.37. The van der Waals surface area contributed by atoms with Crippen LogP contribution >= 0.6 is 24.8 Å². The van der Waals surface area contributed by atoms with Crippen LogP contribution in [-0.2, 0) is 9.59 Å². The van der Waals surface area contributed by atoms with Gasteiger partial charge in [0.05, 0.1) is 0 Å². The summed E-state index contributed by atoms with van der Waals surface area (Å²) in [6, 6.07) is 5.22. The number of halogens is 2. The molecule has 0 amide bonds. The summed E-state index contributed by atoms with van der Waals surface area (Å²) in [5.41, 5.74) is 0.913. The van der Waals surface area contributed by atoms with Crippen LogP contribution in [0.4, 0.5) is 5.69 Å². The standard InChI is InChI=1S/C21H31N3O6.2ClH/c25-20(26)14-29-18-2-1-17(13-19(18)30-15-21(27)28)24-11-9-23(10-12-24)8-5-16-3-6-22-7-4-16;;/h1-2,13,16,22H,3-12,14-15H2,(H,25,26)(H,27,28);2*1H. The lowest BCUT2D eigenvalue weighted by Crippen LogP contribution is -2.47. The highest BCUT2D eigenvalue weighted by Gasteiger charge is 2.21. The summed E-state index contributed by atoms with van der Waals surface area (Å²) in [6.45, 7) is 6.08. The summed E-state index contributed by atoms with van der Waals surface area (Å²) in [6.07, 6.45) is 3.80. The number of nitrogens with zero attached hydrogens (tertiary/aromatic N) is 2. The fourth-order valence-electron chi connectivity index (χ4n) is 3.97. The molecule has 0 atom stereocenters. The summed E-state index contributed by atoms with van der Waals surface area (Å²) in [5, 5.41) is 21.1. The molecule has 9 nitrogen and oxygen atoms in total. The number of piperidine rings is 1. The molecule has 2 heterocycles. The molecule has 0 aliphatic carbocycles. The quantitative estimate of drug-likeness (QED) is 0.450. The van der Waals surface area contributed by atoms with E-state index >= 15 is 0 Å².